The number of carbonyl (C=O) groups is 8. The van der Waals surface area contributed by atoms with Crippen LogP contribution in [0.5, 0.6) is 0 Å². The number of alkyl carbamates (subject to hydrolysis) is 1. The summed E-state index contributed by atoms with van der Waals surface area (Å²) in [6, 6.07) is 12.1. The fourth-order valence-corrected chi connectivity index (χ4v) is 8.75. The lowest BCUT2D eigenvalue weighted by molar-refractivity contribution is -0.172. The number of carbonyl (C=O) groups excluding carboxylic acids is 8. The number of nitrogens with one attached hydrogen (secondary N) is 6. The van der Waals surface area contributed by atoms with Crippen LogP contribution in [-0.4, -0.2) is 107 Å². The lowest BCUT2D eigenvalue weighted by Gasteiger charge is -2.31. The summed E-state index contributed by atoms with van der Waals surface area (Å²) in [4.78, 5) is 120. The predicted molar refractivity (Wildman–Crippen MR) is 262 cm³/mol. The van der Waals surface area contributed by atoms with E-state index in [1.54, 1.807) is 77.1 Å². The molecule has 9 N–H and O–H groups in total. The molecule has 0 spiro atoms. The number of hydrogen-bond donors (Lipinski definition) is 8. The molecule has 0 saturated carbocycles. The summed E-state index contributed by atoms with van der Waals surface area (Å²) in [6.07, 6.45) is -0.759. The standard InChI is InChI=1S/C51H62FN9O12/c1-7-51(71)35-19-39-45-33(25-61(39)47(68)34(35)26-72-48(51)69)31(32-16-28(3)36(52)20-37(32)60-45)15-27(2)30(18-40(53)62)21-55-43(65)23-58-46(67)38(17-29-11-9-8-10-12-29)59-44(66)24-57-42(64)22-56-41(63)13-14-54-49(70)73-50(4,5)6/h8-12,16,19-20,27,30,38,71H,7,13-15,17-18,21-26H2,1-6H3,(H2,53,62)(H,54,70)(H,55,65)(H,56,63)(H,57,64)(H,58,67)(H,59,66)/t27?,30?,38?,51-/m0/s1. The highest BCUT2D eigenvalue weighted by atomic mass is 19.1. The van der Waals surface area contributed by atoms with Crippen molar-refractivity contribution in [2.24, 2.45) is 17.6 Å². The molecule has 0 fully saturated rings. The Labute approximate surface area is 419 Å². The first-order chi connectivity index (χ1) is 34.5. The Morgan fingerprint density at radius 1 is 0.904 bits per heavy atom. The van der Waals surface area contributed by atoms with Gasteiger partial charge in [0.25, 0.3) is 5.56 Å². The van der Waals surface area contributed by atoms with Crippen molar-refractivity contribution in [3.05, 3.63) is 98.1 Å². The average Bonchev–Trinajstić information content (AvgIpc) is 3.70. The predicted octanol–water partition coefficient (Wildman–Crippen LogP) is 1.30. The summed E-state index contributed by atoms with van der Waals surface area (Å²) < 4.78 is 27.0. The molecule has 22 heteroatoms. The van der Waals surface area contributed by atoms with Gasteiger partial charge in [0.15, 0.2) is 5.60 Å². The first kappa shape index (κ1) is 54.6. The Kier molecular flexibility index (Phi) is 17.3. The summed E-state index contributed by atoms with van der Waals surface area (Å²) in [6.45, 7) is 8.27. The molecule has 4 atom stereocenters. The van der Waals surface area contributed by atoms with E-state index < -0.39 is 102 Å². The van der Waals surface area contributed by atoms with E-state index in [9.17, 15) is 48.3 Å². The topological polar surface area (TPSA) is 308 Å². The van der Waals surface area contributed by atoms with Crippen molar-refractivity contribution >= 4 is 58.4 Å². The molecule has 2 aliphatic rings. The van der Waals surface area contributed by atoms with Crippen LogP contribution in [0.3, 0.4) is 0 Å². The minimum atomic E-state index is -2.06. The van der Waals surface area contributed by atoms with Gasteiger partial charge in [-0.2, -0.15) is 0 Å². The Morgan fingerprint density at radius 2 is 1.58 bits per heavy atom. The van der Waals surface area contributed by atoms with E-state index in [0.717, 1.165) is 0 Å². The molecule has 6 rings (SSSR count). The molecule has 7 amide bonds. The summed E-state index contributed by atoms with van der Waals surface area (Å²) in [5.41, 5.74) is 6.10. The second kappa shape index (κ2) is 23.2. The average molecular weight is 1010 g/mol. The molecule has 4 aromatic rings. The molecule has 2 aliphatic heterocycles. The van der Waals surface area contributed by atoms with Crippen LogP contribution >= 0.6 is 0 Å². The van der Waals surface area contributed by atoms with Gasteiger partial charge in [0.2, 0.25) is 35.4 Å². The van der Waals surface area contributed by atoms with Crippen molar-refractivity contribution in [1.29, 1.82) is 0 Å². The first-order valence-electron chi connectivity index (χ1n) is 23.9. The van der Waals surface area contributed by atoms with Crippen LogP contribution in [-0.2, 0) is 74.6 Å². The zero-order valence-corrected chi connectivity index (χ0v) is 41.6. The summed E-state index contributed by atoms with van der Waals surface area (Å²) in [5, 5.41) is 27.1. The van der Waals surface area contributed by atoms with Crippen LogP contribution < -0.4 is 43.2 Å². The Hall–Kier alpha value is -7.75. The fourth-order valence-electron chi connectivity index (χ4n) is 8.75. The van der Waals surface area contributed by atoms with Crippen LogP contribution in [0.15, 0.2) is 53.3 Å². The normalized spacial score (nSPS) is 15.8. The fraction of sp³-hybridized carbons (Fsp3) is 0.451. The van der Waals surface area contributed by atoms with Crippen LogP contribution in [0.25, 0.3) is 22.3 Å². The van der Waals surface area contributed by atoms with E-state index in [1.165, 1.54) is 10.6 Å². The van der Waals surface area contributed by atoms with Crippen LogP contribution in [0.1, 0.15) is 87.3 Å². The Bertz CT molecular complexity index is 2880. The second-order valence-electron chi connectivity index (χ2n) is 19.3. The summed E-state index contributed by atoms with van der Waals surface area (Å²) >= 11 is 0. The van der Waals surface area contributed by atoms with Crippen molar-refractivity contribution < 1.29 is 57.3 Å². The third kappa shape index (κ3) is 13.6. The van der Waals surface area contributed by atoms with Gasteiger partial charge in [0.1, 0.15) is 24.1 Å². The molecule has 390 valence electrons. The van der Waals surface area contributed by atoms with Gasteiger partial charge in [-0.3, -0.25) is 33.6 Å². The number of benzene rings is 2. The van der Waals surface area contributed by atoms with Crippen LogP contribution in [0.2, 0.25) is 0 Å². The van der Waals surface area contributed by atoms with E-state index in [2.05, 4.69) is 31.9 Å². The summed E-state index contributed by atoms with van der Waals surface area (Å²) in [7, 11) is 0. The number of aromatic nitrogens is 2. The molecule has 0 bridgehead atoms. The second-order valence-corrected chi connectivity index (χ2v) is 19.3. The van der Waals surface area contributed by atoms with Gasteiger partial charge in [-0.1, -0.05) is 44.2 Å². The SMILES string of the molecule is CC[C@@]1(O)C(=O)OCc2c1cc1n(c2=O)Cc2c-1nc1cc(F)c(C)cc1c2CC(C)C(CNC(=O)CNC(=O)C(Cc1ccccc1)NC(=O)CNC(=O)CNC(=O)CCNC(=O)OC(C)(C)C)CC(N)=O. The van der Waals surface area contributed by atoms with Crippen molar-refractivity contribution in [3.63, 3.8) is 0 Å². The van der Waals surface area contributed by atoms with Crippen molar-refractivity contribution in [1.82, 2.24) is 41.5 Å². The molecule has 2 aromatic heterocycles. The molecule has 73 heavy (non-hydrogen) atoms. The maximum absolute atomic E-state index is 15.1. The molecule has 3 unspecified atom stereocenters. The van der Waals surface area contributed by atoms with E-state index in [1.807, 2.05) is 6.92 Å². The third-order valence-corrected chi connectivity index (χ3v) is 12.7. The van der Waals surface area contributed by atoms with E-state index in [4.69, 9.17) is 20.2 Å². The molecule has 4 heterocycles. The maximum Gasteiger partial charge on any atom is 0.407 e. The van der Waals surface area contributed by atoms with Crippen molar-refractivity contribution in [3.8, 4) is 11.4 Å². The number of nitrogens with two attached hydrogens (primary N) is 1. The van der Waals surface area contributed by atoms with Gasteiger partial charge in [-0.15, -0.1) is 0 Å². The zero-order chi connectivity index (χ0) is 53.4. The number of primary amides is 1. The number of rotatable bonds is 21. The quantitative estimate of drug-likeness (QED) is 0.0482. The zero-order valence-electron chi connectivity index (χ0n) is 41.6. The van der Waals surface area contributed by atoms with Crippen molar-refractivity contribution in [2.45, 2.75) is 104 Å². The first-order valence-corrected chi connectivity index (χ1v) is 23.9. The summed E-state index contributed by atoms with van der Waals surface area (Å²) in [5.74, 6) is -6.27. The number of fused-ring (bicyclic) bond motifs is 5. The number of hydrogen-bond acceptors (Lipinski definition) is 13. The van der Waals surface area contributed by atoms with Gasteiger partial charge >= 0.3 is 12.1 Å². The van der Waals surface area contributed by atoms with Gasteiger partial charge < -0.3 is 56.8 Å². The Balaban J connectivity index is 1.09. The minimum absolute atomic E-state index is 0.0240. The van der Waals surface area contributed by atoms with Gasteiger partial charge in [-0.05, 0) is 81.2 Å². The molecule has 0 aliphatic carbocycles. The van der Waals surface area contributed by atoms with Gasteiger partial charge in [0.05, 0.1) is 48.6 Å². The van der Waals surface area contributed by atoms with Crippen LogP contribution in [0.4, 0.5) is 9.18 Å². The number of esters is 1. The van der Waals surface area contributed by atoms with E-state index in [0.29, 0.717) is 44.5 Å². The monoisotopic (exact) mass is 1010 g/mol. The lowest BCUT2D eigenvalue weighted by atomic mass is 9.83. The number of ether oxygens (including phenoxy) is 2. The Morgan fingerprint density at radius 3 is 2.26 bits per heavy atom. The number of halogens is 1. The van der Waals surface area contributed by atoms with Gasteiger partial charge in [0, 0.05) is 54.9 Å². The van der Waals surface area contributed by atoms with Gasteiger partial charge in [-0.25, -0.2) is 19.0 Å². The molecule has 2 aromatic carbocycles. The van der Waals surface area contributed by atoms with Crippen LogP contribution in [0, 0.1) is 24.6 Å². The highest BCUT2D eigenvalue weighted by Crippen LogP contribution is 2.41. The van der Waals surface area contributed by atoms with Crippen molar-refractivity contribution in [2.75, 3.05) is 32.7 Å². The number of aryl methyl sites for hydroxylation is 1. The molecule has 0 saturated heterocycles. The molecule has 21 nitrogen and oxygen atoms in total. The minimum Gasteiger partial charge on any atom is -0.458 e. The molecular formula is C51H62FN9O12. The number of nitrogens with zero attached hydrogens (tertiary/aromatic N) is 2. The highest BCUT2D eigenvalue weighted by Gasteiger charge is 2.45. The molecule has 0 radical (unpaired) electrons. The largest absolute Gasteiger partial charge is 0.458 e. The highest BCUT2D eigenvalue weighted by molar-refractivity contribution is 5.93. The van der Waals surface area contributed by atoms with E-state index >= 15 is 4.39 Å². The smallest absolute Gasteiger partial charge is 0.407 e. The number of cyclic esters (lactones) is 1. The maximum atomic E-state index is 15.1. The third-order valence-electron chi connectivity index (χ3n) is 12.7. The molecular weight excluding hydrogens is 950 g/mol. The number of aliphatic hydroxyl groups is 1. The lowest BCUT2D eigenvalue weighted by Crippen LogP contribution is -2.52. The number of amides is 7. The number of pyridine rings is 2. The van der Waals surface area contributed by atoms with E-state index in [-0.39, 0.29) is 75.4 Å².